The van der Waals surface area contributed by atoms with Crippen LogP contribution in [0.5, 0.6) is 0 Å². The quantitative estimate of drug-likeness (QED) is 0.539. The molecule has 0 amide bonds. The lowest BCUT2D eigenvalue weighted by atomic mass is 9.98. The monoisotopic (exact) mass is 194 g/mol. The van der Waals surface area contributed by atoms with Crippen LogP contribution in [0.15, 0.2) is 12.7 Å². The molecule has 0 aliphatic carbocycles. The van der Waals surface area contributed by atoms with E-state index in [1.807, 2.05) is 0 Å². The molecule has 1 N–H and O–H groups in total. The van der Waals surface area contributed by atoms with E-state index >= 15 is 0 Å². The van der Waals surface area contributed by atoms with Gasteiger partial charge in [0.2, 0.25) is 0 Å². The van der Waals surface area contributed by atoms with E-state index in [-0.39, 0.29) is 6.61 Å². The van der Waals surface area contributed by atoms with Gasteiger partial charge in [0.1, 0.15) is 0 Å². The van der Waals surface area contributed by atoms with Crippen LogP contribution in [0.1, 0.15) is 13.8 Å². The van der Waals surface area contributed by atoms with Gasteiger partial charge in [0.15, 0.2) is 5.60 Å². The van der Waals surface area contributed by atoms with Gasteiger partial charge in [-0.2, -0.15) is 8.78 Å². The molecular formula is C8H12F2O3. The first-order chi connectivity index (χ1) is 5.79. The molecule has 1 unspecified atom stereocenters. The molecule has 0 heterocycles. The van der Waals surface area contributed by atoms with Crippen molar-refractivity contribution in [3.05, 3.63) is 12.7 Å². The van der Waals surface area contributed by atoms with Crippen LogP contribution in [0.25, 0.3) is 0 Å². The maximum atomic E-state index is 13.0. The fourth-order valence-corrected chi connectivity index (χ4v) is 0.557. The second kappa shape index (κ2) is 3.83. The SMILES string of the molecule is C=CC(C)(O)C(F)(F)C(=O)OCC. The maximum Gasteiger partial charge on any atom is 0.380 e. The van der Waals surface area contributed by atoms with Crippen molar-refractivity contribution in [3.8, 4) is 0 Å². The Kier molecular flexibility index (Phi) is 3.54. The summed E-state index contributed by atoms with van der Waals surface area (Å²) >= 11 is 0. The number of aliphatic hydroxyl groups is 1. The van der Waals surface area contributed by atoms with E-state index in [0.717, 1.165) is 6.92 Å². The largest absolute Gasteiger partial charge is 0.461 e. The van der Waals surface area contributed by atoms with Gasteiger partial charge in [0.25, 0.3) is 0 Å². The van der Waals surface area contributed by atoms with Crippen molar-refractivity contribution >= 4 is 5.97 Å². The minimum atomic E-state index is -3.97. The lowest BCUT2D eigenvalue weighted by molar-refractivity contribution is -0.198. The zero-order chi connectivity index (χ0) is 10.7. The zero-order valence-electron chi connectivity index (χ0n) is 7.51. The molecule has 0 aromatic heterocycles. The van der Waals surface area contributed by atoms with E-state index in [9.17, 15) is 13.6 Å². The topological polar surface area (TPSA) is 46.5 Å². The predicted molar refractivity (Wildman–Crippen MR) is 42.4 cm³/mol. The fourth-order valence-electron chi connectivity index (χ4n) is 0.557. The molecule has 5 heteroatoms. The first-order valence-electron chi connectivity index (χ1n) is 3.70. The number of carbonyl (C=O) groups is 1. The molecule has 0 spiro atoms. The third-order valence-corrected chi connectivity index (χ3v) is 1.56. The van der Waals surface area contributed by atoms with Crippen molar-refractivity contribution < 1.29 is 23.4 Å². The van der Waals surface area contributed by atoms with Crippen LogP contribution >= 0.6 is 0 Å². The van der Waals surface area contributed by atoms with E-state index in [1.54, 1.807) is 0 Å². The third kappa shape index (κ3) is 2.24. The molecule has 0 bridgehead atoms. The van der Waals surface area contributed by atoms with Crippen molar-refractivity contribution in [3.63, 3.8) is 0 Å². The van der Waals surface area contributed by atoms with Gasteiger partial charge in [-0.25, -0.2) is 4.79 Å². The summed E-state index contributed by atoms with van der Waals surface area (Å²) in [6.45, 7) is 5.03. The molecule has 3 nitrogen and oxygen atoms in total. The summed E-state index contributed by atoms with van der Waals surface area (Å²) in [6.07, 6.45) is 0.601. The average Bonchev–Trinajstić information content (AvgIpc) is 2.04. The summed E-state index contributed by atoms with van der Waals surface area (Å²) in [7, 11) is 0. The van der Waals surface area contributed by atoms with Crippen LogP contribution in [0.2, 0.25) is 0 Å². The van der Waals surface area contributed by atoms with E-state index in [0.29, 0.717) is 6.08 Å². The molecule has 0 radical (unpaired) electrons. The van der Waals surface area contributed by atoms with Gasteiger partial charge in [-0.05, 0) is 13.8 Å². The highest BCUT2D eigenvalue weighted by Crippen LogP contribution is 2.30. The van der Waals surface area contributed by atoms with Gasteiger partial charge in [0.05, 0.1) is 6.61 Å². The Morgan fingerprint density at radius 3 is 2.46 bits per heavy atom. The molecule has 0 saturated heterocycles. The normalized spacial score (nSPS) is 16.1. The summed E-state index contributed by atoms with van der Waals surface area (Å²) in [5.74, 6) is -5.72. The van der Waals surface area contributed by atoms with Crippen LogP contribution in [0.4, 0.5) is 8.78 Å². The van der Waals surface area contributed by atoms with Crippen molar-refractivity contribution in [1.29, 1.82) is 0 Å². The van der Waals surface area contributed by atoms with E-state index in [1.165, 1.54) is 6.92 Å². The summed E-state index contributed by atoms with van der Waals surface area (Å²) in [6, 6.07) is 0. The van der Waals surface area contributed by atoms with E-state index in [2.05, 4.69) is 11.3 Å². The number of rotatable bonds is 4. The number of carbonyl (C=O) groups excluding carboxylic acids is 1. The highest BCUT2D eigenvalue weighted by atomic mass is 19.3. The molecule has 76 valence electrons. The van der Waals surface area contributed by atoms with Crippen LogP contribution < -0.4 is 0 Å². The average molecular weight is 194 g/mol. The van der Waals surface area contributed by atoms with Gasteiger partial charge in [-0.3, -0.25) is 0 Å². The van der Waals surface area contributed by atoms with Crippen molar-refractivity contribution in [2.75, 3.05) is 6.61 Å². The van der Waals surface area contributed by atoms with Crippen LogP contribution in [0, 0.1) is 0 Å². The number of halogens is 2. The highest BCUT2D eigenvalue weighted by Gasteiger charge is 2.55. The molecule has 0 saturated carbocycles. The van der Waals surface area contributed by atoms with Crippen molar-refractivity contribution in [2.45, 2.75) is 25.4 Å². The maximum absolute atomic E-state index is 13.0. The Morgan fingerprint density at radius 2 is 2.15 bits per heavy atom. The molecule has 0 aromatic carbocycles. The molecule has 0 aliphatic rings. The minimum absolute atomic E-state index is 0.165. The predicted octanol–water partition coefficient (Wildman–Crippen LogP) is 1.12. The molecule has 0 fully saturated rings. The fraction of sp³-hybridized carbons (Fsp3) is 0.625. The Bertz CT molecular complexity index is 211. The van der Waals surface area contributed by atoms with Gasteiger partial charge < -0.3 is 9.84 Å². The Labute approximate surface area is 75.0 Å². The highest BCUT2D eigenvalue weighted by molar-refractivity contribution is 5.79. The second-order valence-corrected chi connectivity index (χ2v) is 2.65. The number of esters is 1. The lowest BCUT2D eigenvalue weighted by Gasteiger charge is -2.27. The lowest BCUT2D eigenvalue weighted by Crippen LogP contribution is -2.50. The number of hydrogen-bond acceptors (Lipinski definition) is 3. The molecule has 0 aromatic rings. The summed E-state index contributed by atoms with van der Waals surface area (Å²) < 4.78 is 30.1. The van der Waals surface area contributed by atoms with Gasteiger partial charge in [-0.1, -0.05) is 6.08 Å². The third-order valence-electron chi connectivity index (χ3n) is 1.56. The first-order valence-corrected chi connectivity index (χ1v) is 3.70. The standard InChI is InChI=1S/C8H12F2O3/c1-4-7(3,12)8(9,10)6(11)13-5-2/h4,12H,1,5H2,2-3H3. The summed E-state index contributed by atoms with van der Waals surface area (Å²) in [5, 5.41) is 9.08. The van der Waals surface area contributed by atoms with Crippen molar-refractivity contribution in [2.24, 2.45) is 0 Å². The zero-order valence-corrected chi connectivity index (χ0v) is 7.51. The molecule has 1 atom stereocenters. The number of ether oxygens (including phenoxy) is 1. The Balaban J connectivity index is 4.74. The Hall–Kier alpha value is -0.970. The summed E-state index contributed by atoms with van der Waals surface area (Å²) in [4.78, 5) is 10.7. The summed E-state index contributed by atoms with van der Waals surface area (Å²) in [5.41, 5.74) is -2.58. The van der Waals surface area contributed by atoms with Crippen LogP contribution in [0.3, 0.4) is 0 Å². The van der Waals surface area contributed by atoms with Gasteiger partial charge >= 0.3 is 11.9 Å². The Morgan fingerprint density at radius 1 is 1.69 bits per heavy atom. The smallest absolute Gasteiger partial charge is 0.380 e. The van der Waals surface area contributed by atoms with Crippen LogP contribution in [-0.4, -0.2) is 29.2 Å². The van der Waals surface area contributed by atoms with Gasteiger partial charge in [-0.15, -0.1) is 6.58 Å². The second-order valence-electron chi connectivity index (χ2n) is 2.65. The molecule has 13 heavy (non-hydrogen) atoms. The van der Waals surface area contributed by atoms with Gasteiger partial charge in [0, 0.05) is 0 Å². The molecule has 0 rings (SSSR count). The van der Waals surface area contributed by atoms with Crippen molar-refractivity contribution in [1.82, 2.24) is 0 Å². The minimum Gasteiger partial charge on any atom is -0.461 e. The van der Waals surface area contributed by atoms with Crippen LogP contribution in [-0.2, 0) is 9.53 Å². The number of alkyl halides is 2. The van der Waals surface area contributed by atoms with E-state index < -0.39 is 17.5 Å². The molecular weight excluding hydrogens is 182 g/mol. The van der Waals surface area contributed by atoms with E-state index in [4.69, 9.17) is 5.11 Å². The number of hydrogen-bond donors (Lipinski definition) is 1. The molecule has 0 aliphatic heterocycles. The first kappa shape index (κ1) is 12.0.